The monoisotopic (exact) mass is 412 g/mol. The molecule has 1 saturated heterocycles. The number of benzene rings is 1. The van der Waals surface area contributed by atoms with Crippen LogP contribution in [0.5, 0.6) is 5.75 Å². The van der Waals surface area contributed by atoms with E-state index in [4.69, 9.17) is 19.9 Å². The Morgan fingerprint density at radius 2 is 2.07 bits per heavy atom. The number of pyridine rings is 1. The minimum atomic E-state index is -4.83. The van der Waals surface area contributed by atoms with E-state index in [1.807, 2.05) is 0 Å². The van der Waals surface area contributed by atoms with E-state index in [0.29, 0.717) is 31.1 Å². The molecule has 1 fully saturated rings. The van der Waals surface area contributed by atoms with Gasteiger partial charge in [0.2, 0.25) is 0 Å². The minimum Gasteiger partial charge on any atom is -0.491 e. The van der Waals surface area contributed by atoms with Gasteiger partial charge >= 0.3 is 6.18 Å². The number of amides is 1. The van der Waals surface area contributed by atoms with Crippen molar-refractivity contribution < 1.29 is 32.2 Å². The fraction of sp³-hybridized carbons (Fsp3) is 0.368. The molecule has 2 aromatic rings. The van der Waals surface area contributed by atoms with Crippen LogP contribution >= 0.6 is 0 Å². The summed E-state index contributed by atoms with van der Waals surface area (Å²) < 4.78 is 56.7. The molecule has 0 spiro atoms. The zero-order chi connectivity index (χ0) is 21.2. The number of hydrogen-bond acceptors (Lipinski definition) is 5. The quantitative estimate of drug-likeness (QED) is 0.784. The molecule has 7 nitrogen and oxygen atoms in total. The van der Waals surface area contributed by atoms with Gasteiger partial charge in [0.25, 0.3) is 11.5 Å². The highest BCUT2D eigenvalue weighted by Crippen LogP contribution is 2.36. The van der Waals surface area contributed by atoms with E-state index >= 15 is 0 Å². The van der Waals surface area contributed by atoms with Crippen molar-refractivity contribution in [1.29, 1.82) is 0 Å². The molecule has 1 aliphatic heterocycles. The molecule has 29 heavy (non-hydrogen) atoms. The summed E-state index contributed by atoms with van der Waals surface area (Å²) in [6, 6.07) is 5.26. The molecule has 3 rings (SSSR count). The number of aromatic nitrogens is 1. The molecule has 1 atom stereocenters. The molecule has 1 aliphatic rings. The van der Waals surface area contributed by atoms with Crippen LogP contribution in [-0.2, 0) is 15.7 Å². The molecule has 10 heteroatoms. The first-order valence-corrected chi connectivity index (χ1v) is 8.74. The minimum absolute atomic E-state index is 0.151. The number of nitrogens with two attached hydrogens (primary N) is 1. The summed E-state index contributed by atoms with van der Waals surface area (Å²) in [4.78, 5) is 24.9. The van der Waals surface area contributed by atoms with E-state index < -0.39 is 28.9 Å². The molecule has 0 saturated carbocycles. The molecule has 1 aromatic carbocycles. The lowest BCUT2D eigenvalue weighted by molar-refractivity contribution is -0.140. The van der Waals surface area contributed by atoms with Crippen molar-refractivity contribution in [3.63, 3.8) is 0 Å². The van der Waals surface area contributed by atoms with Crippen LogP contribution in [0.3, 0.4) is 0 Å². The Labute approximate surface area is 163 Å². The maximum absolute atomic E-state index is 13.4. The molecular formula is C19H19F3N2O5. The number of alkyl halides is 3. The number of primary amides is 1. The number of rotatable bonds is 5. The van der Waals surface area contributed by atoms with E-state index in [0.717, 1.165) is 6.07 Å². The Morgan fingerprint density at radius 1 is 1.31 bits per heavy atom. The molecule has 1 aromatic heterocycles. The largest absolute Gasteiger partial charge is 0.491 e. The topological polar surface area (TPSA) is 104 Å². The predicted molar refractivity (Wildman–Crippen MR) is 96.8 cm³/mol. The molecule has 2 heterocycles. The van der Waals surface area contributed by atoms with Crippen LogP contribution in [0.4, 0.5) is 13.2 Å². The van der Waals surface area contributed by atoms with Crippen LogP contribution in [0.2, 0.25) is 0 Å². The van der Waals surface area contributed by atoms with E-state index in [1.165, 1.54) is 18.2 Å². The molecular weight excluding hydrogens is 393 g/mol. The van der Waals surface area contributed by atoms with Crippen LogP contribution < -0.4 is 16.0 Å². The first-order valence-electron chi connectivity index (χ1n) is 8.74. The van der Waals surface area contributed by atoms with Gasteiger partial charge in [-0.15, -0.1) is 0 Å². The Morgan fingerprint density at radius 3 is 2.66 bits per heavy atom. The molecule has 156 valence electrons. The van der Waals surface area contributed by atoms with Crippen molar-refractivity contribution in [3.8, 4) is 16.9 Å². The second-order valence-electron chi connectivity index (χ2n) is 6.52. The van der Waals surface area contributed by atoms with Crippen molar-refractivity contribution in [2.45, 2.75) is 19.2 Å². The highest BCUT2D eigenvalue weighted by Gasteiger charge is 2.36. The summed E-state index contributed by atoms with van der Waals surface area (Å²) in [6.07, 6.45) is -5.05. The van der Waals surface area contributed by atoms with Crippen molar-refractivity contribution in [2.24, 2.45) is 5.73 Å². The fourth-order valence-corrected chi connectivity index (χ4v) is 2.96. The van der Waals surface area contributed by atoms with E-state index in [1.54, 1.807) is 11.9 Å². The lowest BCUT2D eigenvalue weighted by atomic mass is 9.99. The van der Waals surface area contributed by atoms with E-state index in [2.05, 4.69) is 0 Å². The van der Waals surface area contributed by atoms with Crippen molar-refractivity contribution in [3.05, 3.63) is 51.4 Å². The van der Waals surface area contributed by atoms with E-state index in [9.17, 15) is 22.8 Å². The predicted octanol–water partition coefficient (Wildman–Crippen LogP) is 2.26. The van der Waals surface area contributed by atoms with Crippen molar-refractivity contribution >= 4 is 5.91 Å². The number of carbonyl (C=O) groups excluding carboxylic acids is 1. The fourth-order valence-electron chi connectivity index (χ4n) is 2.96. The SMILES string of the molecule is Cc1cc(-c2cc(C(N)=O)c(=O)[nH]c2C(F)(F)F)ccc1OCC1COCCO1. The summed E-state index contributed by atoms with van der Waals surface area (Å²) in [7, 11) is 0. The average molecular weight is 412 g/mol. The maximum atomic E-state index is 13.4. The normalized spacial score (nSPS) is 17.2. The highest BCUT2D eigenvalue weighted by molar-refractivity contribution is 5.94. The van der Waals surface area contributed by atoms with Crippen LogP contribution in [0.25, 0.3) is 11.1 Å². The van der Waals surface area contributed by atoms with Gasteiger partial charge in [-0.2, -0.15) is 13.2 Å². The summed E-state index contributed by atoms with van der Waals surface area (Å²) >= 11 is 0. The van der Waals surface area contributed by atoms with Crippen LogP contribution in [0.1, 0.15) is 21.6 Å². The van der Waals surface area contributed by atoms with Gasteiger partial charge in [-0.1, -0.05) is 6.07 Å². The third-order valence-corrected chi connectivity index (χ3v) is 4.39. The first-order chi connectivity index (χ1) is 13.7. The highest BCUT2D eigenvalue weighted by atomic mass is 19.4. The molecule has 0 aliphatic carbocycles. The molecule has 0 bridgehead atoms. The number of hydrogen-bond donors (Lipinski definition) is 2. The standard InChI is InChI=1S/C19H19F3N2O5/c1-10-6-11(2-3-15(10)29-9-12-8-27-4-5-28-12)13-7-14(17(23)25)18(26)24-16(13)19(20,21)22/h2-3,6-7,12H,4-5,8-9H2,1H3,(H2,23,25)(H,24,26). The Bertz CT molecular complexity index is 965. The summed E-state index contributed by atoms with van der Waals surface area (Å²) in [6.45, 7) is 3.31. The van der Waals surface area contributed by atoms with Gasteiger partial charge in [-0.3, -0.25) is 9.59 Å². The lowest BCUT2D eigenvalue weighted by Gasteiger charge is -2.23. The molecule has 1 unspecified atom stereocenters. The lowest BCUT2D eigenvalue weighted by Crippen LogP contribution is -2.33. The zero-order valence-electron chi connectivity index (χ0n) is 15.5. The Balaban J connectivity index is 1.93. The Kier molecular flexibility index (Phi) is 5.94. The molecule has 1 amide bonds. The number of aryl methyl sites for hydroxylation is 1. The Hall–Kier alpha value is -2.85. The zero-order valence-corrected chi connectivity index (χ0v) is 15.5. The van der Waals surface area contributed by atoms with Gasteiger partial charge in [0, 0.05) is 5.56 Å². The van der Waals surface area contributed by atoms with Crippen LogP contribution in [0, 0.1) is 6.92 Å². The second-order valence-corrected chi connectivity index (χ2v) is 6.52. The van der Waals surface area contributed by atoms with Gasteiger partial charge in [0.05, 0.1) is 19.8 Å². The number of nitrogens with one attached hydrogen (secondary N) is 1. The summed E-state index contributed by atoms with van der Waals surface area (Å²) in [5.41, 5.74) is 2.46. The van der Waals surface area contributed by atoms with Gasteiger partial charge in [-0.05, 0) is 36.2 Å². The van der Waals surface area contributed by atoms with Gasteiger partial charge in [0.1, 0.15) is 29.7 Å². The van der Waals surface area contributed by atoms with Crippen LogP contribution in [-0.4, -0.2) is 43.4 Å². The third-order valence-electron chi connectivity index (χ3n) is 4.39. The smallest absolute Gasteiger partial charge is 0.431 e. The number of H-pyrrole nitrogens is 1. The summed E-state index contributed by atoms with van der Waals surface area (Å²) in [5.74, 6) is -0.649. The van der Waals surface area contributed by atoms with Crippen molar-refractivity contribution in [2.75, 3.05) is 26.4 Å². The number of ether oxygens (including phenoxy) is 3. The third kappa shape index (κ3) is 4.77. The molecule has 3 N–H and O–H groups in total. The van der Waals surface area contributed by atoms with Gasteiger partial charge in [-0.25, -0.2) is 0 Å². The van der Waals surface area contributed by atoms with Gasteiger partial charge in [0.15, 0.2) is 0 Å². The second kappa shape index (κ2) is 8.26. The number of aromatic amines is 1. The average Bonchev–Trinajstić information content (AvgIpc) is 2.66. The summed E-state index contributed by atoms with van der Waals surface area (Å²) in [5, 5.41) is 0. The van der Waals surface area contributed by atoms with E-state index in [-0.39, 0.29) is 23.8 Å². The van der Waals surface area contributed by atoms with Crippen LogP contribution in [0.15, 0.2) is 29.1 Å². The maximum Gasteiger partial charge on any atom is 0.431 e. The van der Waals surface area contributed by atoms with Crippen molar-refractivity contribution in [1.82, 2.24) is 4.98 Å². The molecule has 0 radical (unpaired) electrons. The van der Waals surface area contributed by atoms with Gasteiger partial charge < -0.3 is 24.9 Å². The first kappa shape index (κ1) is 20.9. The number of halogens is 3. The number of carbonyl (C=O) groups is 1.